The maximum Gasteiger partial charge on any atom is 0.164 e. The Labute approximate surface area is 374 Å². The summed E-state index contributed by atoms with van der Waals surface area (Å²) in [5.74, 6) is 1.77. The average Bonchev–Trinajstić information content (AvgIpc) is 3.63. The van der Waals surface area contributed by atoms with Crippen LogP contribution in [0.1, 0.15) is 5.82 Å². The molecule has 6 nitrogen and oxygen atoms in total. The van der Waals surface area contributed by atoms with Crippen LogP contribution < -0.4 is 14.7 Å². The van der Waals surface area contributed by atoms with E-state index in [1.807, 2.05) is 36.4 Å². The van der Waals surface area contributed by atoms with Crippen molar-refractivity contribution in [3.05, 3.63) is 267 Å². The SMILES string of the molecule is C1=CC(N(c2ccccc2)c2ccccc2)C=CC(c2nc(-c3ccc(N(c4ccccc4)c4ccccc4)cc3)nc(-c3ccc(N(c4ccccc4)c4ccccc4)cc3)n2)=C1. The van der Waals surface area contributed by atoms with E-state index in [1.54, 1.807) is 0 Å². The Morgan fingerprint density at radius 3 is 0.969 bits per heavy atom. The van der Waals surface area contributed by atoms with Gasteiger partial charge in [0.25, 0.3) is 0 Å². The maximum absolute atomic E-state index is 5.19. The van der Waals surface area contributed by atoms with Gasteiger partial charge in [-0.1, -0.05) is 140 Å². The van der Waals surface area contributed by atoms with Crippen molar-refractivity contribution in [2.45, 2.75) is 6.04 Å². The van der Waals surface area contributed by atoms with Crippen LogP contribution in [0.5, 0.6) is 0 Å². The van der Waals surface area contributed by atoms with E-state index in [4.69, 9.17) is 15.0 Å². The third-order valence-electron chi connectivity index (χ3n) is 11.1. The van der Waals surface area contributed by atoms with Crippen molar-refractivity contribution in [1.29, 1.82) is 0 Å². The van der Waals surface area contributed by atoms with Crippen molar-refractivity contribution in [3.63, 3.8) is 0 Å². The Morgan fingerprint density at radius 2 is 0.609 bits per heavy atom. The second-order valence-corrected chi connectivity index (χ2v) is 15.3. The number of para-hydroxylation sites is 6. The molecule has 9 aromatic rings. The van der Waals surface area contributed by atoms with Crippen molar-refractivity contribution in [1.82, 2.24) is 15.0 Å². The molecule has 1 aromatic heterocycles. The topological polar surface area (TPSA) is 48.4 Å². The van der Waals surface area contributed by atoms with Crippen LogP contribution in [0.3, 0.4) is 0 Å². The molecule has 8 aromatic carbocycles. The summed E-state index contributed by atoms with van der Waals surface area (Å²) in [6, 6.07) is 79.6. The van der Waals surface area contributed by atoms with Crippen LogP contribution in [0.2, 0.25) is 0 Å². The number of nitrogens with zero attached hydrogens (tertiary/aromatic N) is 6. The molecule has 0 saturated heterocycles. The second-order valence-electron chi connectivity index (χ2n) is 15.3. The Balaban J connectivity index is 1.04. The van der Waals surface area contributed by atoms with E-state index in [0.717, 1.165) is 62.2 Å². The zero-order chi connectivity index (χ0) is 42.9. The van der Waals surface area contributed by atoms with Crippen molar-refractivity contribution < 1.29 is 0 Å². The van der Waals surface area contributed by atoms with Gasteiger partial charge in [-0.15, -0.1) is 0 Å². The fourth-order valence-electron chi connectivity index (χ4n) is 8.07. The quantitative estimate of drug-likeness (QED) is 0.122. The highest BCUT2D eigenvalue weighted by atomic mass is 15.2. The third-order valence-corrected chi connectivity index (χ3v) is 11.1. The van der Waals surface area contributed by atoms with E-state index in [-0.39, 0.29) is 6.04 Å². The first-order chi connectivity index (χ1) is 31.7. The molecule has 6 heteroatoms. The fraction of sp³-hybridized carbons (Fsp3) is 0.0172. The predicted molar refractivity (Wildman–Crippen MR) is 265 cm³/mol. The largest absolute Gasteiger partial charge is 0.331 e. The van der Waals surface area contributed by atoms with Crippen molar-refractivity contribution in [2.24, 2.45) is 0 Å². The molecule has 306 valence electrons. The Morgan fingerprint density at radius 1 is 0.297 bits per heavy atom. The summed E-state index contributed by atoms with van der Waals surface area (Å²) in [6.07, 6.45) is 10.8. The number of aromatic nitrogens is 3. The van der Waals surface area contributed by atoms with Gasteiger partial charge in [-0.25, -0.2) is 15.0 Å². The molecule has 0 saturated carbocycles. The van der Waals surface area contributed by atoms with Gasteiger partial charge in [0, 0.05) is 62.2 Å². The smallest absolute Gasteiger partial charge is 0.164 e. The number of hydrogen-bond donors (Lipinski definition) is 0. The second kappa shape index (κ2) is 18.6. The van der Waals surface area contributed by atoms with Gasteiger partial charge in [0.15, 0.2) is 17.5 Å². The third kappa shape index (κ3) is 8.62. The molecule has 1 heterocycles. The van der Waals surface area contributed by atoms with Gasteiger partial charge in [0.1, 0.15) is 0 Å². The van der Waals surface area contributed by atoms with Crippen LogP contribution >= 0.6 is 0 Å². The summed E-state index contributed by atoms with van der Waals surface area (Å²) < 4.78 is 0. The lowest BCUT2D eigenvalue weighted by molar-refractivity contribution is 0.944. The summed E-state index contributed by atoms with van der Waals surface area (Å²) in [7, 11) is 0. The van der Waals surface area contributed by atoms with Crippen molar-refractivity contribution >= 4 is 51.1 Å². The number of benzene rings is 8. The van der Waals surface area contributed by atoms with Crippen molar-refractivity contribution in [2.75, 3.05) is 14.7 Å². The van der Waals surface area contributed by atoms with Crippen LogP contribution in [-0.2, 0) is 0 Å². The van der Waals surface area contributed by atoms with E-state index in [0.29, 0.717) is 17.5 Å². The molecule has 0 aliphatic heterocycles. The Bertz CT molecular complexity index is 2750. The molecule has 0 spiro atoms. The van der Waals surface area contributed by atoms with E-state index in [2.05, 4.69) is 239 Å². The standard InChI is InChI=1S/C58H44N6/c1-7-21-47(22-8-1)62(48-23-9-2-10-24-48)53-33-19-20-44(34-39-53)56-59-57(45-35-40-54(41-36-45)63(49-25-11-3-12-26-49)50-27-13-4-14-28-50)61-58(60-56)46-37-42-55(43-38-46)64(51-29-15-5-16-30-51)52-31-17-6-18-32-52/h1-43,53H. The van der Waals surface area contributed by atoms with E-state index >= 15 is 0 Å². The first-order valence-corrected chi connectivity index (χ1v) is 21.5. The summed E-state index contributed by atoms with van der Waals surface area (Å²) >= 11 is 0. The van der Waals surface area contributed by atoms with Crippen LogP contribution in [0.25, 0.3) is 28.3 Å². The van der Waals surface area contributed by atoms with Crippen molar-refractivity contribution in [3.8, 4) is 22.8 Å². The molecule has 1 unspecified atom stereocenters. The van der Waals surface area contributed by atoms with Gasteiger partial charge in [-0.2, -0.15) is 0 Å². The molecular formula is C58H44N6. The minimum atomic E-state index is -0.0613. The maximum atomic E-state index is 5.19. The molecule has 64 heavy (non-hydrogen) atoms. The highest BCUT2D eigenvalue weighted by Gasteiger charge is 2.20. The first-order valence-electron chi connectivity index (χ1n) is 21.5. The molecule has 10 rings (SSSR count). The highest BCUT2D eigenvalue weighted by molar-refractivity contribution is 5.81. The monoisotopic (exact) mass is 824 g/mol. The highest BCUT2D eigenvalue weighted by Crippen LogP contribution is 2.38. The molecule has 0 bridgehead atoms. The zero-order valence-electron chi connectivity index (χ0n) is 35.1. The summed E-state index contributed by atoms with van der Waals surface area (Å²) in [5, 5.41) is 0. The Kier molecular flexibility index (Phi) is 11.5. The molecule has 1 atom stereocenters. The van der Waals surface area contributed by atoms with Crippen LogP contribution in [-0.4, -0.2) is 21.0 Å². The minimum absolute atomic E-state index is 0.0613. The first kappa shape index (κ1) is 39.5. The molecule has 0 amide bonds. The predicted octanol–water partition coefficient (Wildman–Crippen LogP) is 14.9. The number of rotatable bonds is 12. The lowest BCUT2D eigenvalue weighted by Gasteiger charge is -2.30. The minimum Gasteiger partial charge on any atom is -0.331 e. The zero-order valence-corrected chi connectivity index (χ0v) is 35.1. The molecule has 1 aliphatic carbocycles. The number of hydrogen-bond acceptors (Lipinski definition) is 6. The van der Waals surface area contributed by atoms with E-state index in [1.165, 1.54) is 0 Å². The van der Waals surface area contributed by atoms with Gasteiger partial charge in [-0.3, -0.25) is 0 Å². The molecule has 0 N–H and O–H groups in total. The lowest BCUT2D eigenvalue weighted by Crippen LogP contribution is -2.27. The normalized spacial score (nSPS) is 13.1. The van der Waals surface area contributed by atoms with Gasteiger partial charge in [-0.05, 0) is 121 Å². The van der Waals surface area contributed by atoms with Crippen LogP contribution in [0.15, 0.2) is 261 Å². The van der Waals surface area contributed by atoms with E-state index in [9.17, 15) is 0 Å². The molecule has 0 radical (unpaired) electrons. The Hall–Kier alpha value is -8.61. The molecule has 1 aliphatic rings. The van der Waals surface area contributed by atoms with E-state index < -0.39 is 0 Å². The van der Waals surface area contributed by atoms with Gasteiger partial charge < -0.3 is 14.7 Å². The summed E-state index contributed by atoms with van der Waals surface area (Å²) in [6.45, 7) is 0. The number of allylic oxidation sites excluding steroid dienone is 4. The summed E-state index contributed by atoms with van der Waals surface area (Å²) in [4.78, 5) is 22.4. The van der Waals surface area contributed by atoms with Gasteiger partial charge in [0.05, 0.1) is 6.04 Å². The van der Waals surface area contributed by atoms with Gasteiger partial charge >= 0.3 is 0 Å². The molecular weight excluding hydrogens is 781 g/mol. The molecule has 0 fully saturated rings. The summed E-state index contributed by atoms with van der Waals surface area (Å²) in [5.41, 5.74) is 11.2. The van der Waals surface area contributed by atoms with Crippen LogP contribution in [0, 0.1) is 0 Å². The van der Waals surface area contributed by atoms with Crippen LogP contribution in [0.4, 0.5) is 45.5 Å². The number of anilines is 8. The fourth-order valence-corrected chi connectivity index (χ4v) is 8.07. The lowest BCUT2D eigenvalue weighted by atomic mass is 10.1. The average molecular weight is 825 g/mol. The van der Waals surface area contributed by atoms with Gasteiger partial charge in [0.2, 0.25) is 0 Å².